The molecule has 1 aliphatic rings. The Balaban J connectivity index is 2.12. The number of rotatable bonds is 4. The summed E-state index contributed by atoms with van der Waals surface area (Å²) in [6.45, 7) is 0. The van der Waals surface area contributed by atoms with E-state index < -0.39 is 13.4 Å². The molecule has 0 aliphatic heterocycles. The zero-order valence-corrected chi connectivity index (χ0v) is 15.8. The van der Waals surface area contributed by atoms with Gasteiger partial charge in [0.15, 0.2) is 0 Å². The van der Waals surface area contributed by atoms with Crippen molar-refractivity contribution in [3.8, 4) is 0 Å². The summed E-state index contributed by atoms with van der Waals surface area (Å²) in [7, 11) is -2.31. The summed E-state index contributed by atoms with van der Waals surface area (Å²) in [4.78, 5) is 0. The van der Waals surface area contributed by atoms with Crippen LogP contribution in [0.25, 0.3) is 0 Å². The fraction of sp³-hybridized carbons (Fsp3) is 0.0833. The molecule has 1 atom stereocenters. The van der Waals surface area contributed by atoms with Crippen LogP contribution in [-0.4, -0.2) is 16.3 Å². The molecule has 0 fully saturated rings. The normalized spacial score (nSPS) is 17.1. The quantitative estimate of drug-likeness (QED) is 0.677. The summed E-state index contributed by atoms with van der Waals surface area (Å²) < 4.78 is 0. The molecule has 3 aromatic carbocycles. The van der Waals surface area contributed by atoms with Crippen LogP contribution in [0.1, 0.15) is 6.42 Å². The van der Waals surface area contributed by atoms with Crippen molar-refractivity contribution in [1.29, 1.82) is 0 Å². The predicted molar refractivity (Wildman–Crippen MR) is 115 cm³/mol. The second-order valence-electron chi connectivity index (χ2n) is 6.63. The van der Waals surface area contributed by atoms with Gasteiger partial charge in [0.1, 0.15) is 40.4 Å². The maximum atomic E-state index is 11.0. The molecule has 0 saturated heterocycles. The standard InChI is InChI=1S/C24H21O2P/c25-19-16-17-23(26)24(18-19)27(20-10-4-1-5-11-20,21-12-6-2-7-13-21)22-14-8-3-9-15-22/h1-16,18,23,26H,17H2/p+1. The van der Waals surface area contributed by atoms with Crippen LogP contribution >= 0.6 is 7.26 Å². The molecule has 4 rings (SSSR count). The average Bonchev–Trinajstić information content (AvgIpc) is 2.73. The van der Waals surface area contributed by atoms with Gasteiger partial charge in [-0.3, -0.25) is 0 Å². The van der Waals surface area contributed by atoms with Gasteiger partial charge >= 0.3 is 0 Å². The lowest BCUT2D eigenvalue weighted by atomic mass is 10.1. The summed E-state index contributed by atoms with van der Waals surface area (Å²) in [5.74, 6) is 0.225. The van der Waals surface area contributed by atoms with Crippen LogP contribution in [0.4, 0.5) is 0 Å². The van der Waals surface area contributed by atoms with Gasteiger partial charge in [-0.25, -0.2) is 0 Å². The first kappa shape index (κ1) is 17.7. The minimum Gasteiger partial charge on any atom is -0.508 e. The molecule has 0 aromatic heterocycles. The van der Waals surface area contributed by atoms with E-state index in [4.69, 9.17) is 0 Å². The van der Waals surface area contributed by atoms with Crippen molar-refractivity contribution >= 4 is 23.2 Å². The minimum atomic E-state index is -2.31. The molecule has 134 valence electrons. The van der Waals surface area contributed by atoms with E-state index in [9.17, 15) is 10.2 Å². The molecule has 2 nitrogen and oxygen atoms in total. The van der Waals surface area contributed by atoms with E-state index in [0.29, 0.717) is 6.42 Å². The van der Waals surface area contributed by atoms with Crippen LogP contribution in [0.15, 0.2) is 114 Å². The van der Waals surface area contributed by atoms with Crippen molar-refractivity contribution < 1.29 is 10.2 Å². The van der Waals surface area contributed by atoms with Gasteiger partial charge in [0.05, 0.1) is 0 Å². The van der Waals surface area contributed by atoms with E-state index in [2.05, 4.69) is 36.4 Å². The Morgan fingerprint density at radius 2 is 1.07 bits per heavy atom. The van der Waals surface area contributed by atoms with Crippen LogP contribution in [0.3, 0.4) is 0 Å². The van der Waals surface area contributed by atoms with Crippen molar-refractivity contribution in [1.82, 2.24) is 0 Å². The maximum Gasteiger partial charge on any atom is 0.142 e. The van der Waals surface area contributed by atoms with E-state index in [1.165, 1.54) is 15.9 Å². The maximum absolute atomic E-state index is 11.0. The number of allylic oxidation sites excluding steroid dienone is 1. The zero-order valence-electron chi connectivity index (χ0n) is 14.9. The highest BCUT2D eigenvalue weighted by Gasteiger charge is 2.52. The lowest BCUT2D eigenvalue weighted by molar-refractivity contribution is 0.217. The second-order valence-corrected chi connectivity index (χ2v) is 10.0. The summed E-state index contributed by atoms with van der Waals surface area (Å²) >= 11 is 0. The third kappa shape index (κ3) is 3.12. The Morgan fingerprint density at radius 3 is 1.48 bits per heavy atom. The van der Waals surface area contributed by atoms with Gasteiger partial charge in [0.25, 0.3) is 0 Å². The predicted octanol–water partition coefficient (Wildman–Crippen LogP) is 4.07. The van der Waals surface area contributed by atoms with Crippen molar-refractivity contribution in [3.63, 3.8) is 0 Å². The molecular formula is C24H22O2P+. The smallest absolute Gasteiger partial charge is 0.142 e. The van der Waals surface area contributed by atoms with E-state index in [1.807, 2.05) is 54.6 Å². The Kier molecular flexibility index (Phi) is 4.94. The summed E-state index contributed by atoms with van der Waals surface area (Å²) in [6.07, 6.45) is 3.25. The van der Waals surface area contributed by atoms with Gasteiger partial charge in [-0.05, 0) is 42.5 Å². The van der Waals surface area contributed by atoms with Gasteiger partial charge in [0, 0.05) is 12.5 Å². The lowest BCUT2D eigenvalue weighted by Crippen LogP contribution is -2.36. The van der Waals surface area contributed by atoms with Crippen molar-refractivity contribution in [2.75, 3.05) is 0 Å². The van der Waals surface area contributed by atoms with Crippen molar-refractivity contribution in [3.05, 3.63) is 114 Å². The lowest BCUT2D eigenvalue weighted by Gasteiger charge is -2.32. The van der Waals surface area contributed by atoms with Crippen LogP contribution in [0.5, 0.6) is 0 Å². The molecule has 3 aromatic rings. The second kappa shape index (κ2) is 7.52. The van der Waals surface area contributed by atoms with E-state index in [0.717, 1.165) is 5.31 Å². The third-order valence-electron chi connectivity index (χ3n) is 5.01. The molecular weight excluding hydrogens is 351 g/mol. The molecule has 1 aliphatic carbocycles. The molecule has 2 N–H and O–H groups in total. The molecule has 0 amide bonds. The van der Waals surface area contributed by atoms with Crippen LogP contribution in [0.2, 0.25) is 0 Å². The largest absolute Gasteiger partial charge is 0.508 e. The topological polar surface area (TPSA) is 40.5 Å². The van der Waals surface area contributed by atoms with Gasteiger partial charge in [0.2, 0.25) is 0 Å². The number of aliphatic hydroxyl groups is 2. The SMILES string of the molecule is OC1=CCC(O)C([P+](c2ccccc2)(c2ccccc2)c2ccccc2)=C1. The molecule has 1 unspecified atom stereocenters. The highest BCUT2D eigenvalue weighted by atomic mass is 31.2. The Labute approximate surface area is 160 Å². The number of aliphatic hydroxyl groups excluding tert-OH is 2. The summed E-state index contributed by atoms with van der Waals surface area (Å²) in [5.41, 5.74) is 0. The molecule has 3 heteroatoms. The third-order valence-corrected chi connectivity index (χ3v) is 9.43. The van der Waals surface area contributed by atoms with Gasteiger partial charge in [-0.1, -0.05) is 54.6 Å². The molecule has 0 radical (unpaired) electrons. The molecule has 0 bridgehead atoms. The van der Waals surface area contributed by atoms with E-state index in [1.54, 1.807) is 12.2 Å². The average molecular weight is 373 g/mol. The molecule has 0 heterocycles. The van der Waals surface area contributed by atoms with E-state index in [-0.39, 0.29) is 5.76 Å². The molecule has 0 saturated carbocycles. The van der Waals surface area contributed by atoms with Gasteiger partial charge < -0.3 is 10.2 Å². The van der Waals surface area contributed by atoms with Crippen molar-refractivity contribution in [2.45, 2.75) is 12.5 Å². The Bertz CT molecular complexity index is 866. The van der Waals surface area contributed by atoms with Crippen molar-refractivity contribution in [2.24, 2.45) is 0 Å². The Hall–Kier alpha value is -2.67. The fourth-order valence-electron chi connectivity index (χ4n) is 3.83. The number of benzene rings is 3. The summed E-state index contributed by atoms with van der Waals surface area (Å²) in [6, 6.07) is 31.1. The highest BCUT2D eigenvalue weighted by Crippen LogP contribution is 2.64. The van der Waals surface area contributed by atoms with Crippen LogP contribution < -0.4 is 15.9 Å². The first-order valence-electron chi connectivity index (χ1n) is 9.08. The number of hydrogen-bond acceptors (Lipinski definition) is 2. The first-order chi connectivity index (χ1) is 13.2. The number of hydrogen-bond donors (Lipinski definition) is 2. The van der Waals surface area contributed by atoms with E-state index >= 15 is 0 Å². The van der Waals surface area contributed by atoms with Crippen LogP contribution in [-0.2, 0) is 0 Å². The first-order valence-corrected chi connectivity index (χ1v) is 10.9. The summed E-state index contributed by atoms with van der Waals surface area (Å²) in [5, 5.41) is 25.7. The fourth-order valence-corrected chi connectivity index (χ4v) is 8.35. The van der Waals surface area contributed by atoms with Gasteiger partial charge in [-0.15, -0.1) is 0 Å². The molecule has 27 heavy (non-hydrogen) atoms. The van der Waals surface area contributed by atoms with Crippen LogP contribution in [0, 0.1) is 0 Å². The molecule has 0 spiro atoms. The minimum absolute atomic E-state index is 0.225. The zero-order chi connectivity index (χ0) is 18.7. The van der Waals surface area contributed by atoms with Gasteiger partial charge in [-0.2, -0.15) is 0 Å². The Morgan fingerprint density at radius 1 is 0.667 bits per heavy atom. The highest BCUT2D eigenvalue weighted by molar-refractivity contribution is 7.99. The monoisotopic (exact) mass is 373 g/mol.